The summed E-state index contributed by atoms with van der Waals surface area (Å²) in [6, 6.07) is 2.82. The van der Waals surface area contributed by atoms with Crippen LogP contribution in [0.3, 0.4) is 0 Å². The van der Waals surface area contributed by atoms with E-state index in [-0.39, 0.29) is 10.9 Å². The molecule has 27 heavy (non-hydrogen) atoms. The van der Waals surface area contributed by atoms with Gasteiger partial charge in [0.05, 0.1) is 41.1 Å². The standard InChI is InChI=1S/C18H19N5O3S/c1-12-18(13(2)26-22-12)16-11-20-10-15(21-16)17-6-4-8-23(17)27(24,25)14-5-3-7-19-9-14/h3,5,7,9-11,17H,4,6,8H2,1-2H3. The lowest BCUT2D eigenvalue weighted by molar-refractivity contribution is 0.389. The highest BCUT2D eigenvalue weighted by Crippen LogP contribution is 2.36. The normalized spacial score (nSPS) is 18.1. The molecule has 0 N–H and O–H groups in total. The molecule has 140 valence electrons. The van der Waals surface area contributed by atoms with E-state index in [1.807, 2.05) is 13.8 Å². The SMILES string of the molecule is Cc1noc(C)c1-c1cncc(C2CCCN2S(=O)(=O)c2cccnc2)n1. The zero-order chi connectivity index (χ0) is 19.0. The molecule has 8 nitrogen and oxygen atoms in total. The van der Waals surface area contributed by atoms with Gasteiger partial charge in [0.15, 0.2) is 0 Å². The van der Waals surface area contributed by atoms with Crippen molar-refractivity contribution in [3.8, 4) is 11.3 Å². The monoisotopic (exact) mass is 385 g/mol. The molecular formula is C18H19N5O3S. The summed E-state index contributed by atoms with van der Waals surface area (Å²) in [4.78, 5) is 13.1. The topological polar surface area (TPSA) is 102 Å². The van der Waals surface area contributed by atoms with E-state index in [0.717, 1.165) is 17.7 Å². The molecule has 1 fully saturated rings. The van der Waals surface area contributed by atoms with Crippen molar-refractivity contribution >= 4 is 10.0 Å². The Bertz CT molecular complexity index is 1050. The van der Waals surface area contributed by atoms with Crippen molar-refractivity contribution in [2.45, 2.75) is 37.6 Å². The fraction of sp³-hybridized carbons (Fsp3) is 0.333. The van der Waals surface area contributed by atoms with Gasteiger partial charge in [-0.25, -0.2) is 13.4 Å². The molecule has 4 rings (SSSR count). The Morgan fingerprint density at radius 1 is 1.19 bits per heavy atom. The molecule has 1 aliphatic rings. The van der Waals surface area contributed by atoms with Crippen molar-refractivity contribution < 1.29 is 12.9 Å². The molecule has 0 bridgehead atoms. The van der Waals surface area contributed by atoms with Gasteiger partial charge in [-0.3, -0.25) is 9.97 Å². The Labute approximate surface area is 157 Å². The van der Waals surface area contributed by atoms with Crippen molar-refractivity contribution in [3.05, 3.63) is 54.1 Å². The number of sulfonamides is 1. The van der Waals surface area contributed by atoms with E-state index in [1.54, 1.807) is 30.7 Å². The number of nitrogens with zero attached hydrogens (tertiary/aromatic N) is 5. The van der Waals surface area contributed by atoms with Crippen LogP contribution in [-0.4, -0.2) is 39.4 Å². The quantitative estimate of drug-likeness (QED) is 0.680. The van der Waals surface area contributed by atoms with Crippen LogP contribution in [0.2, 0.25) is 0 Å². The number of pyridine rings is 1. The van der Waals surface area contributed by atoms with Gasteiger partial charge in [0.25, 0.3) is 0 Å². The third kappa shape index (κ3) is 3.13. The van der Waals surface area contributed by atoms with Gasteiger partial charge in [-0.15, -0.1) is 0 Å². The molecule has 1 unspecified atom stereocenters. The van der Waals surface area contributed by atoms with Gasteiger partial charge in [-0.05, 0) is 38.8 Å². The first-order chi connectivity index (χ1) is 13.0. The zero-order valence-corrected chi connectivity index (χ0v) is 15.8. The van der Waals surface area contributed by atoms with Crippen LogP contribution in [0.4, 0.5) is 0 Å². The van der Waals surface area contributed by atoms with Crippen LogP contribution in [-0.2, 0) is 10.0 Å². The molecule has 3 aromatic heterocycles. The second kappa shape index (κ2) is 6.82. The number of rotatable bonds is 4. The van der Waals surface area contributed by atoms with Gasteiger partial charge >= 0.3 is 0 Å². The first-order valence-electron chi connectivity index (χ1n) is 8.65. The zero-order valence-electron chi connectivity index (χ0n) is 15.0. The largest absolute Gasteiger partial charge is 0.361 e. The summed E-state index contributed by atoms with van der Waals surface area (Å²) in [7, 11) is -3.65. The van der Waals surface area contributed by atoms with Crippen LogP contribution < -0.4 is 0 Å². The maximum Gasteiger partial charge on any atom is 0.245 e. The number of aromatic nitrogens is 4. The van der Waals surface area contributed by atoms with Crippen LogP contribution >= 0.6 is 0 Å². The molecule has 4 heterocycles. The van der Waals surface area contributed by atoms with Crippen molar-refractivity contribution in [2.75, 3.05) is 6.54 Å². The lowest BCUT2D eigenvalue weighted by Gasteiger charge is -2.23. The van der Waals surface area contributed by atoms with Gasteiger partial charge in [0.2, 0.25) is 10.0 Å². The molecule has 1 saturated heterocycles. The molecule has 1 aliphatic heterocycles. The van der Waals surface area contributed by atoms with Crippen molar-refractivity contribution in [2.24, 2.45) is 0 Å². The Hall–Kier alpha value is -2.65. The number of hydrogen-bond acceptors (Lipinski definition) is 7. The fourth-order valence-electron chi connectivity index (χ4n) is 3.47. The van der Waals surface area contributed by atoms with E-state index < -0.39 is 10.0 Å². The highest BCUT2D eigenvalue weighted by Gasteiger charge is 2.37. The van der Waals surface area contributed by atoms with Crippen LogP contribution in [0.1, 0.15) is 36.0 Å². The molecule has 1 atom stereocenters. The minimum atomic E-state index is -3.65. The van der Waals surface area contributed by atoms with Crippen molar-refractivity contribution in [1.82, 2.24) is 24.4 Å². The average molecular weight is 385 g/mol. The van der Waals surface area contributed by atoms with Gasteiger partial charge in [0.1, 0.15) is 10.7 Å². The van der Waals surface area contributed by atoms with E-state index >= 15 is 0 Å². The third-order valence-electron chi connectivity index (χ3n) is 4.73. The summed E-state index contributed by atoms with van der Waals surface area (Å²) in [6.07, 6.45) is 7.66. The molecule has 0 aliphatic carbocycles. The summed E-state index contributed by atoms with van der Waals surface area (Å²) in [6.45, 7) is 4.10. The van der Waals surface area contributed by atoms with Gasteiger partial charge < -0.3 is 4.52 Å². The average Bonchev–Trinajstić information content (AvgIpc) is 3.30. The van der Waals surface area contributed by atoms with Crippen LogP contribution in [0.25, 0.3) is 11.3 Å². The first-order valence-corrected chi connectivity index (χ1v) is 10.1. The minimum absolute atomic E-state index is 0.187. The Morgan fingerprint density at radius 2 is 2.04 bits per heavy atom. The second-order valence-electron chi connectivity index (χ2n) is 6.49. The molecule has 0 amide bonds. The number of hydrogen-bond donors (Lipinski definition) is 0. The lowest BCUT2D eigenvalue weighted by Crippen LogP contribution is -2.31. The Morgan fingerprint density at radius 3 is 2.74 bits per heavy atom. The van der Waals surface area contributed by atoms with Gasteiger partial charge in [-0.1, -0.05) is 5.16 Å². The second-order valence-corrected chi connectivity index (χ2v) is 8.38. The summed E-state index contributed by atoms with van der Waals surface area (Å²) in [5.74, 6) is 0.658. The highest BCUT2D eigenvalue weighted by atomic mass is 32.2. The van der Waals surface area contributed by atoms with Gasteiger partial charge in [-0.2, -0.15) is 4.31 Å². The maximum atomic E-state index is 13.1. The van der Waals surface area contributed by atoms with Crippen LogP contribution in [0, 0.1) is 13.8 Å². The molecule has 0 spiro atoms. The third-order valence-corrected chi connectivity index (χ3v) is 6.62. The maximum absolute atomic E-state index is 13.1. The van der Waals surface area contributed by atoms with Crippen molar-refractivity contribution in [3.63, 3.8) is 0 Å². The highest BCUT2D eigenvalue weighted by molar-refractivity contribution is 7.89. The minimum Gasteiger partial charge on any atom is -0.361 e. The Balaban J connectivity index is 1.72. The molecule has 9 heteroatoms. The van der Waals surface area contributed by atoms with Gasteiger partial charge in [0, 0.05) is 18.9 Å². The van der Waals surface area contributed by atoms with Crippen molar-refractivity contribution in [1.29, 1.82) is 0 Å². The van der Waals surface area contributed by atoms with Crippen LogP contribution in [0.15, 0.2) is 46.3 Å². The van der Waals surface area contributed by atoms with E-state index in [9.17, 15) is 8.42 Å². The summed E-state index contributed by atoms with van der Waals surface area (Å²) in [5.41, 5.74) is 2.78. The molecule has 0 aromatic carbocycles. The predicted octanol–water partition coefficient (Wildman–Crippen LogP) is 2.67. The van der Waals surface area contributed by atoms with Crippen LogP contribution in [0.5, 0.6) is 0 Å². The summed E-state index contributed by atoms with van der Waals surface area (Å²) in [5, 5.41) is 3.96. The van der Waals surface area contributed by atoms with E-state index in [1.165, 1.54) is 10.5 Å². The number of aryl methyl sites for hydroxylation is 2. The first kappa shape index (κ1) is 17.7. The van der Waals surface area contributed by atoms with E-state index in [4.69, 9.17) is 9.51 Å². The summed E-state index contributed by atoms with van der Waals surface area (Å²) >= 11 is 0. The molecule has 0 radical (unpaired) electrons. The van der Waals surface area contributed by atoms with E-state index in [0.29, 0.717) is 30.1 Å². The fourth-order valence-corrected chi connectivity index (χ4v) is 5.10. The summed E-state index contributed by atoms with van der Waals surface area (Å²) < 4.78 is 32.8. The Kier molecular flexibility index (Phi) is 4.48. The van der Waals surface area contributed by atoms with E-state index in [2.05, 4.69) is 15.1 Å². The lowest BCUT2D eigenvalue weighted by atomic mass is 10.1. The molecule has 0 saturated carbocycles. The predicted molar refractivity (Wildman–Crippen MR) is 97.1 cm³/mol. The molecule has 3 aromatic rings. The molecular weight excluding hydrogens is 366 g/mol. The smallest absolute Gasteiger partial charge is 0.245 e.